The molecule has 102 valence electrons. The zero-order chi connectivity index (χ0) is 13.8. The second-order valence-electron chi connectivity index (χ2n) is 4.67. The van der Waals surface area contributed by atoms with Gasteiger partial charge in [0.05, 0.1) is 5.69 Å². The minimum Gasteiger partial charge on any atom is -0.312 e. The van der Waals surface area contributed by atoms with Crippen molar-refractivity contribution >= 4 is 11.3 Å². The van der Waals surface area contributed by atoms with Crippen LogP contribution in [0, 0.1) is 19.7 Å². The van der Waals surface area contributed by atoms with Gasteiger partial charge in [0, 0.05) is 17.0 Å². The Morgan fingerprint density at radius 2 is 2.11 bits per heavy atom. The van der Waals surface area contributed by atoms with Crippen LogP contribution in [-0.2, 0) is 6.54 Å². The highest BCUT2D eigenvalue weighted by atomic mass is 32.1. The first-order valence-corrected chi connectivity index (χ1v) is 7.37. The Kier molecular flexibility index (Phi) is 4.66. The Hall–Kier alpha value is -1.26. The van der Waals surface area contributed by atoms with Gasteiger partial charge in [-0.3, -0.25) is 0 Å². The van der Waals surface area contributed by atoms with Crippen molar-refractivity contribution in [3.05, 3.63) is 40.2 Å². The monoisotopic (exact) mass is 278 g/mol. The fourth-order valence-electron chi connectivity index (χ4n) is 1.82. The molecule has 0 unspecified atom stereocenters. The number of hydrogen-bond acceptors (Lipinski definition) is 3. The summed E-state index contributed by atoms with van der Waals surface area (Å²) in [6.45, 7) is 7.77. The van der Waals surface area contributed by atoms with Crippen molar-refractivity contribution in [1.82, 2.24) is 10.3 Å². The molecule has 0 spiro atoms. The van der Waals surface area contributed by atoms with E-state index in [-0.39, 0.29) is 5.82 Å². The van der Waals surface area contributed by atoms with Gasteiger partial charge in [-0.2, -0.15) is 0 Å². The van der Waals surface area contributed by atoms with Crippen LogP contribution in [0.15, 0.2) is 18.2 Å². The van der Waals surface area contributed by atoms with Crippen molar-refractivity contribution in [1.29, 1.82) is 0 Å². The Morgan fingerprint density at radius 3 is 2.79 bits per heavy atom. The first-order valence-electron chi connectivity index (χ1n) is 6.55. The number of aryl methyl sites for hydroxylation is 2. The first-order chi connectivity index (χ1) is 9.11. The van der Waals surface area contributed by atoms with Gasteiger partial charge in [0.1, 0.15) is 10.8 Å². The highest BCUT2D eigenvalue weighted by Gasteiger charge is 2.10. The molecule has 1 aromatic heterocycles. The van der Waals surface area contributed by atoms with E-state index in [2.05, 4.69) is 17.2 Å². The van der Waals surface area contributed by atoms with Crippen LogP contribution >= 0.6 is 11.3 Å². The number of thiazole rings is 1. The largest absolute Gasteiger partial charge is 0.312 e. The maximum absolute atomic E-state index is 13.6. The lowest BCUT2D eigenvalue weighted by Gasteiger charge is -2.00. The summed E-state index contributed by atoms with van der Waals surface area (Å²) < 4.78 is 13.6. The molecule has 2 aromatic rings. The van der Waals surface area contributed by atoms with Crippen molar-refractivity contribution in [3.63, 3.8) is 0 Å². The summed E-state index contributed by atoms with van der Waals surface area (Å²) in [6.07, 6.45) is 1.12. The van der Waals surface area contributed by atoms with Crippen molar-refractivity contribution < 1.29 is 4.39 Å². The molecule has 1 aromatic carbocycles. The predicted octanol–water partition coefficient (Wildman–Crippen LogP) is 4.07. The molecule has 0 fully saturated rings. The van der Waals surface area contributed by atoms with Crippen LogP contribution in [0.4, 0.5) is 4.39 Å². The van der Waals surface area contributed by atoms with Crippen LogP contribution in [0.1, 0.15) is 29.5 Å². The topological polar surface area (TPSA) is 24.9 Å². The minimum atomic E-state index is -0.170. The lowest BCUT2D eigenvalue weighted by Crippen LogP contribution is -2.13. The van der Waals surface area contributed by atoms with Crippen LogP contribution < -0.4 is 5.32 Å². The summed E-state index contributed by atoms with van der Waals surface area (Å²) in [5.41, 5.74) is 2.56. The van der Waals surface area contributed by atoms with Gasteiger partial charge in [0.2, 0.25) is 0 Å². The second-order valence-corrected chi connectivity index (χ2v) is 5.75. The Labute approximate surface area is 117 Å². The molecule has 0 saturated carbocycles. The average Bonchev–Trinajstić information content (AvgIpc) is 2.75. The second kappa shape index (κ2) is 6.26. The Morgan fingerprint density at radius 1 is 1.32 bits per heavy atom. The predicted molar refractivity (Wildman–Crippen MR) is 79.0 cm³/mol. The Balaban J connectivity index is 2.21. The standard InChI is InChI=1S/C15H19FN2S/c1-4-7-17-9-14-11(3)18-15(19-14)12-6-5-10(2)13(16)8-12/h5-6,8,17H,4,7,9H2,1-3H3. The minimum absolute atomic E-state index is 0.170. The summed E-state index contributed by atoms with van der Waals surface area (Å²) in [5, 5.41) is 4.27. The SMILES string of the molecule is CCCNCc1sc(-c2ccc(C)c(F)c2)nc1C. The van der Waals surface area contributed by atoms with Crippen molar-refractivity contribution in [2.75, 3.05) is 6.54 Å². The number of rotatable bonds is 5. The zero-order valence-corrected chi connectivity index (χ0v) is 12.4. The molecule has 0 atom stereocenters. The number of benzene rings is 1. The van der Waals surface area contributed by atoms with Gasteiger partial charge in [-0.05, 0) is 38.4 Å². The van der Waals surface area contributed by atoms with E-state index in [1.165, 1.54) is 4.88 Å². The maximum Gasteiger partial charge on any atom is 0.126 e. The highest BCUT2D eigenvalue weighted by molar-refractivity contribution is 7.15. The number of halogens is 1. The summed E-state index contributed by atoms with van der Waals surface area (Å²) >= 11 is 1.64. The molecule has 1 N–H and O–H groups in total. The summed E-state index contributed by atoms with van der Waals surface area (Å²) in [7, 11) is 0. The van der Waals surface area contributed by atoms with Crippen molar-refractivity contribution in [3.8, 4) is 10.6 Å². The summed E-state index contributed by atoms with van der Waals surface area (Å²) in [5.74, 6) is -0.170. The lowest BCUT2D eigenvalue weighted by atomic mass is 10.1. The number of aromatic nitrogens is 1. The maximum atomic E-state index is 13.6. The number of nitrogens with zero attached hydrogens (tertiary/aromatic N) is 1. The van der Waals surface area contributed by atoms with Crippen LogP contribution in [0.25, 0.3) is 10.6 Å². The first kappa shape index (κ1) is 14.2. The quantitative estimate of drug-likeness (QED) is 0.834. The molecule has 4 heteroatoms. The molecule has 19 heavy (non-hydrogen) atoms. The highest BCUT2D eigenvalue weighted by Crippen LogP contribution is 2.28. The molecule has 2 nitrogen and oxygen atoms in total. The van der Waals surface area contributed by atoms with Gasteiger partial charge < -0.3 is 5.32 Å². The van der Waals surface area contributed by atoms with Gasteiger partial charge in [-0.1, -0.05) is 19.1 Å². The molecule has 0 aliphatic heterocycles. The van der Waals surface area contributed by atoms with Gasteiger partial charge >= 0.3 is 0 Å². The third-order valence-corrected chi connectivity index (χ3v) is 4.23. The average molecular weight is 278 g/mol. The van der Waals surface area contributed by atoms with E-state index < -0.39 is 0 Å². The molecular weight excluding hydrogens is 259 g/mol. The number of nitrogens with one attached hydrogen (secondary N) is 1. The molecule has 2 rings (SSSR count). The van der Waals surface area contributed by atoms with Gasteiger partial charge in [-0.25, -0.2) is 9.37 Å². The van der Waals surface area contributed by atoms with E-state index in [1.807, 2.05) is 13.0 Å². The van der Waals surface area contributed by atoms with E-state index in [9.17, 15) is 4.39 Å². The molecule has 0 radical (unpaired) electrons. The van der Waals surface area contributed by atoms with E-state index in [0.717, 1.165) is 35.8 Å². The number of hydrogen-bond donors (Lipinski definition) is 1. The van der Waals surface area contributed by atoms with Crippen LogP contribution in [0.2, 0.25) is 0 Å². The molecule has 0 bridgehead atoms. The molecule has 0 amide bonds. The van der Waals surface area contributed by atoms with Gasteiger partial charge in [0.15, 0.2) is 0 Å². The Bertz CT molecular complexity index is 563. The van der Waals surface area contributed by atoms with Crippen molar-refractivity contribution in [2.45, 2.75) is 33.7 Å². The summed E-state index contributed by atoms with van der Waals surface area (Å²) in [4.78, 5) is 5.77. The summed E-state index contributed by atoms with van der Waals surface area (Å²) in [6, 6.07) is 5.30. The molecule has 0 aliphatic carbocycles. The van der Waals surface area contributed by atoms with Crippen LogP contribution in [0.5, 0.6) is 0 Å². The van der Waals surface area contributed by atoms with Gasteiger partial charge in [0.25, 0.3) is 0 Å². The fourth-order valence-corrected chi connectivity index (χ4v) is 2.85. The van der Waals surface area contributed by atoms with E-state index >= 15 is 0 Å². The van der Waals surface area contributed by atoms with Gasteiger partial charge in [-0.15, -0.1) is 11.3 Å². The fraction of sp³-hybridized carbons (Fsp3) is 0.400. The molecule has 0 aliphatic rings. The van der Waals surface area contributed by atoms with E-state index in [4.69, 9.17) is 0 Å². The third-order valence-electron chi connectivity index (χ3n) is 3.02. The zero-order valence-electron chi connectivity index (χ0n) is 11.6. The van der Waals surface area contributed by atoms with Crippen molar-refractivity contribution in [2.24, 2.45) is 0 Å². The smallest absolute Gasteiger partial charge is 0.126 e. The van der Waals surface area contributed by atoms with E-state index in [0.29, 0.717) is 5.56 Å². The van der Waals surface area contributed by atoms with E-state index in [1.54, 1.807) is 30.4 Å². The third kappa shape index (κ3) is 3.39. The lowest BCUT2D eigenvalue weighted by molar-refractivity contribution is 0.619. The van der Waals surface area contributed by atoms with Crippen LogP contribution in [0.3, 0.4) is 0 Å². The normalized spacial score (nSPS) is 10.9. The molecular formula is C15H19FN2S. The molecule has 1 heterocycles. The molecule has 0 saturated heterocycles. The van der Waals surface area contributed by atoms with Crippen LogP contribution in [-0.4, -0.2) is 11.5 Å².